The van der Waals surface area contributed by atoms with Crippen LogP contribution in [0.4, 0.5) is 0 Å². The second-order valence-electron chi connectivity index (χ2n) is 6.60. The van der Waals surface area contributed by atoms with Gasteiger partial charge in [-0.15, -0.1) is 0 Å². The molecule has 0 aromatic heterocycles. The van der Waals surface area contributed by atoms with Gasteiger partial charge < -0.3 is 15.3 Å². The predicted octanol–water partition coefficient (Wildman–Crippen LogP) is 2.25. The molecule has 2 N–H and O–H groups in total. The molecular weight excluding hydrogens is 236 g/mol. The molecule has 2 rings (SSSR count). The van der Waals surface area contributed by atoms with E-state index in [0.29, 0.717) is 0 Å². The zero-order chi connectivity index (χ0) is 13.5. The quantitative estimate of drug-likeness (QED) is 0.743. The van der Waals surface area contributed by atoms with E-state index in [1.807, 2.05) is 0 Å². The number of hydrogen-bond acceptors (Lipinski definition) is 3. The smallest absolute Gasteiger partial charge is 0.0669 e. The molecule has 3 heteroatoms. The van der Waals surface area contributed by atoms with Crippen LogP contribution in [-0.2, 0) is 0 Å². The zero-order valence-electron chi connectivity index (χ0n) is 12.6. The van der Waals surface area contributed by atoms with Crippen molar-refractivity contribution in [3.63, 3.8) is 0 Å². The van der Waals surface area contributed by atoms with E-state index in [1.165, 1.54) is 45.1 Å². The summed E-state index contributed by atoms with van der Waals surface area (Å²) in [5.74, 6) is 1.58. The first kappa shape index (κ1) is 15.3. The number of likely N-dealkylation sites (N-methyl/N-ethyl adjacent to an activating group) is 1. The van der Waals surface area contributed by atoms with E-state index < -0.39 is 0 Å². The van der Waals surface area contributed by atoms with Gasteiger partial charge in [-0.3, -0.25) is 0 Å². The van der Waals surface area contributed by atoms with E-state index in [4.69, 9.17) is 0 Å². The Morgan fingerprint density at radius 2 is 1.89 bits per heavy atom. The lowest BCUT2D eigenvalue weighted by Gasteiger charge is -2.31. The predicted molar refractivity (Wildman–Crippen MR) is 80.3 cm³/mol. The molecule has 1 aliphatic carbocycles. The Kier molecular flexibility index (Phi) is 6.62. The van der Waals surface area contributed by atoms with Crippen LogP contribution in [0, 0.1) is 11.8 Å². The van der Waals surface area contributed by atoms with Gasteiger partial charge in [0.1, 0.15) is 0 Å². The van der Waals surface area contributed by atoms with Gasteiger partial charge in [0.25, 0.3) is 0 Å². The summed E-state index contributed by atoms with van der Waals surface area (Å²) in [6, 6.07) is 0. The summed E-state index contributed by atoms with van der Waals surface area (Å²) in [5, 5.41) is 13.8. The van der Waals surface area contributed by atoms with Gasteiger partial charge in [0.15, 0.2) is 0 Å². The van der Waals surface area contributed by atoms with E-state index in [-0.39, 0.29) is 6.10 Å². The first-order valence-corrected chi connectivity index (χ1v) is 8.39. The fourth-order valence-corrected chi connectivity index (χ4v) is 3.78. The molecule has 2 fully saturated rings. The van der Waals surface area contributed by atoms with Gasteiger partial charge in [0, 0.05) is 13.1 Å². The lowest BCUT2D eigenvalue weighted by atomic mass is 9.97. The van der Waals surface area contributed by atoms with Crippen LogP contribution in [0.25, 0.3) is 0 Å². The van der Waals surface area contributed by atoms with Crippen LogP contribution in [0.2, 0.25) is 0 Å². The highest BCUT2D eigenvalue weighted by Crippen LogP contribution is 2.28. The molecule has 0 aromatic rings. The summed E-state index contributed by atoms with van der Waals surface area (Å²) in [7, 11) is 0. The fourth-order valence-electron chi connectivity index (χ4n) is 3.78. The normalized spacial score (nSPS) is 27.0. The molecule has 2 atom stereocenters. The van der Waals surface area contributed by atoms with Gasteiger partial charge in [-0.1, -0.05) is 32.6 Å². The van der Waals surface area contributed by atoms with E-state index in [9.17, 15) is 5.11 Å². The monoisotopic (exact) mass is 268 g/mol. The zero-order valence-corrected chi connectivity index (χ0v) is 12.6. The summed E-state index contributed by atoms with van der Waals surface area (Å²) < 4.78 is 0. The number of aliphatic hydroxyl groups excluding tert-OH is 1. The number of hydrogen-bond donors (Lipinski definition) is 2. The second-order valence-corrected chi connectivity index (χ2v) is 6.60. The number of rotatable bonds is 7. The maximum absolute atomic E-state index is 10.3. The van der Waals surface area contributed by atoms with E-state index in [0.717, 1.165) is 44.4 Å². The highest BCUT2D eigenvalue weighted by molar-refractivity contribution is 4.76. The molecule has 0 bridgehead atoms. The molecule has 1 heterocycles. The largest absolute Gasteiger partial charge is 0.392 e. The first-order chi connectivity index (χ1) is 9.28. The van der Waals surface area contributed by atoms with Crippen molar-refractivity contribution in [2.45, 2.75) is 58.0 Å². The Morgan fingerprint density at radius 1 is 1.16 bits per heavy atom. The number of nitrogens with one attached hydrogen (secondary N) is 1. The van der Waals surface area contributed by atoms with Crippen molar-refractivity contribution in [2.24, 2.45) is 11.8 Å². The molecule has 19 heavy (non-hydrogen) atoms. The number of aliphatic hydroxyl groups is 1. The van der Waals surface area contributed by atoms with Gasteiger partial charge in [-0.05, 0) is 50.7 Å². The molecule has 0 spiro atoms. The molecule has 2 unspecified atom stereocenters. The minimum atomic E-state index is -0.111. The highest BCUT2D eigenvalue weighted by atomic mass is 16.3. The van der Waals surface area contributed by atoms with Crippen molar-refractivity contribution in [2.75, 3.05) is 32.7 Å². The number of piperidine rings is 1. The Labute approximate surface area is 118 Å². The van der Waals surface area contributed by atoms with Crippen LogP contribution in [0.5, 0.6) is 0 Å². The van der Waals surface area contributed by atoms with Crippen molar-refractivity contribution in [3.05, 3.63) is 0 Å². The van der Waals surface area contributed by atoms with E-state index in [2.05, 4.69) is 17.1 Å². The lowest BCUT2D eigenvalue weighted by molar-refractivity contribution is 0.0834. The Bertz CT molecular complexity index is 235. The Hall–Kier alpha value is -0.120. The minimum Gasteiger partial charge on any atom is -0.392 e. The summed E-state index contributed by atoms with van der Waals surface area (Å²) >= 11 is 0. The van der Waals surface area contributed by atoms with E-state index in [1.54, 1.807) is 0 Å². The summed E-state index contributed by atoms with van der Waals surface area (Å²) in [6.45, 7) is 7.67. The molecular formula is C16H32N2O. The number of nitrogens with zero attached hydrogens (tertiary/aromatic N) is 1. The molecule has 1 saturated carbocycles. The van der Waals surface area contributed by atoms with Crippen molar-refractivity contribution in [3.8, 4) is 0 Å². The Balaban J connectivity index is 1.67. The molecule has 1 saturated heterocycles. The summed E-state index contributed by atoms with van der Waals surface area (Å²) in [5.41, 5.74) is 0. The van der Waals surface area contributed by atoms with Crippen molar-refractivity contribution in [1.82, 2.24) is 10.2 Å². The van der Waals surface area contributed by atoms with Gasteiger partial charge in [-0.2, -0.15) is 0 Å². The molecule has 3 nitrogen and oxygen atoms in total. The van der Waals surface area contributed by atoms with Crippen molar-refractivity contribution in [1.29, 1.82) is 0 Å². The Morgan fingerprint density at radius 3 is 2.53 bits per heavy atom. The molecule has 0 radical (unpaired) electrons. The molecule has 0 aromatic carbocycles. The molecule has 0 amide bonds. The first-order valence-electron chi connectivity index (χ1n) is 8.39. The highest BCUT2D eigenvalue weighted by Gasteiger charge is 2.22. The van der Waals surface area contributed by atoms with Crippen LogP contribution in [-0.4, -0.2) is 48.8 Å². The maximum Gasteiger partial charge on any atom is 0.0669 e. The third-order valence-corrected chi connectivity index (χ3v) is 4.91. The molecule has 2 aliphatic rings. The average Bonchev–Trinajstić information content (AvgIpc) is 2.92. The van der Waals surface area contributed by atoms with Crippen LogP contribution >= 0.6 is 0 Å². The lowest BCUT2D eigenvalue weighted by Crippen LogP contribution is -2.41. The van der Waals surface area contributed by atoms with Crippen LogP contribution in [0.3, 0.4) is 0 Å². The van der Waals surface area contributed by atoms with Crippen LogP contribution < -0.4 is 5.32 Å². The second kappa shape index (κ2) is 8.23. The summed E-state index contributed by atoms with van der Waals surface area (Å²) in [6.07, 6.45) is 9.02. The molecule has 1 aliphatic heterocycles. The third-order valence-electron chi connectivity index (χ3n) is 4.91. The van der Waals surface area contributed by atoms with Crippen molar-refractivity contribution >= 4 is 0 Å². The minimum absolute atomic E-state index is 0.111. The van der Waals surface area contributed by atoms with Gasteiger partial charge in [0.2, 0.25) is 0 Å². The average molecular weight is 268 g/mol. The fraction of sp³-hybridized carbons (Fsp3) is 1.00. The van der Waals surface area contributed by atoms with Gasteiger partial charge >= 0.3 is 0 Å². The van der Waals surface area contributed by atoms with Gasteiger partial charge in [-0.25, -0.2) is 0 Å². The van der Waals surface area contributed by atoms with Crippen LogP contribution in [0.1, 0.15) is 51.9 Å². The molecule has 112 valence electrons. The van der Waals surface area contributed by atoms with Crippen LogP contribution in [0.15, 0.2) is 0 Å². The topological polar surface area (TPSA) is 35.5 Å². The third kappa shape index (κ3) is 5.41. The van der Waals surface area contributed by atoms with Crippen molar-refractivity contribution < 1.29 is 5.11 Å². The standard InChI is InChI=1S/C16H32N2O/c1-2-18(12-15-8-5-9-17-11-15)13-16(19)10-14-6-3-4-7-14/h14-17,19H,2-13H2,1H3. The summed E-state index contributed by atoms with van der Waals surface area (Å²) in [4.78, 5) is 2.46. The SMILES string of the molecule is CCN(CC(O)CC1CCCC1)CC1CCCNC1. The maximum atomic E-state index is 10.3. The van der Waals surface area contributed by atoms with Gasteiger partial charge in [0.05, 0.1) is 6.10 Å². The van der Waals surface area contributed by atoms with E-state index >= 15 is 0 Å².